The van der Waals surface area contributed by atoms with Crippen LogP contribution in [0.2, 0.25) is 5.02 Å². The van der Waals surface area contributed by atoms with E-state index >= 15 is 0 Å². The number of nitrogens with two attached hydrogens (primary N) is 1. The normalized spacial score (nSPS) is 11.3. The zero-order valence-electron chi connectivity index (χ0n) is 20.4. The maximum atomic E-state index is 12.2. The standard InChI is InChI=1S/C22H33ClN4O7S.ClH/c1-16-21(17-3-4-18(23)19(15-17)35(2,29)30)27-22(25-16)26-20(28)5-7-31-9-11-33-13-14-34-12-10-32-8-6-24;/h3-4,15H,5-14,24H2,1-2H3,(H2,25,26,27,28);1H. The number of halogens is 2. The minimum atomic E-state index is -3.49. The number of nitrogens with one attached hydrogen (secondary N) is 2. The first-order valence-corrected chi connectivity index (χ1v) is 13.4. The van der Waals surface area contributed by atoms with Gasteiger partial charge in [-0.3, -0.25) is 10.1 Å². The SMILES string of the molecule is Cc1[nH]c(NC(=O)CCOCCOCCOCCOCCN)nc1-c1ccc(Cl)c(S(C)(=O)=O)c1.Cl. The van der Waals surface area contributed by atoms with E-state index < -0.39 is 9.84 Å². The molecular formula is C22H34Cl2N4O7S. The van der Waals surface area contributed by atoms with Crippen LogP contribution < -0.4 is 11.1 Å². The van der Waals surface area contributed by atoms with E-state index in [1.165, 1.54) is 12.1 Å². The number of benzene rings is 1. The number of nitrogens with zero attached hydrogens (tertiary/aromatic N) is 1. The molecule has 1 heterocycles. The maximum absolute atomic E-state index is 12.2. The fraction of sp³-hybridized carbons (Fsp3) is 0.545. The number of carbonyl (C=O) groups excluding carboxylic acids is 1. The highest BCUT2D eigenvalue weighted by Crippen LogP contribution is 2.29. The van der Waals surface area contributed by atoms with E-state index in [2.05, 4.69) is 15.3 Å². The molecule has 0 radical (unpaired) electrons. The smallest absolute Gasteiger partial charge is 0.228 e. The molecule has 0 saturated heterocycles. The molecular weight excluding hydrogens is 535 g/mol. The lowest BCUT2D eigenvalue weighted by Gasteiger charge is -2.07. The van der Waals surface area contributed by atoms with Crippen LogP contribution in [0.25, 0.3) is 11.3 Å². The molecule has 0 aliphatic heterocycles. The summed E-state index contributed by atoms with van der Waals surface area (Å²) in [5.74, 6) is -0.0143. The number of H-pyrrole nitrogens is 1. The number of hydrogen-bond acceptors (Lipinski definition) is 9. The molecule has 2 aromatic rings. The van der Waals surface area contributed by atoms with Crippen LogP contribution in [0.1, 0.15) is 12.1 Å². The minimum Gasteiger partial charge on any atom is -0.379 e. The van der Waals surface area contributed by atoms with Crippen LogP contribution in [0.15, 0.2) is 23.1 Å². The van der Waals surface area contributed by atoms with Gasteiger partial charge in [-0.2, -0.15) is 0 Å². The van der Waals surface area contributed by atoms with Crippen molar-refractivity contribution in [1.82, 2.24) is 9.97 Å². The average molecular weight is 570 g/mol. The second kappa shape index (κ2) is 16.9. The third kappa shape index (κ3) is 11.5. The second-order valence-electron chi connectivity index (χ2n) is 7.51. The zero-order valence-corrected chi connectivity index (χ0v) is 22.8. The molecule has 2 rings (SSSR count). The van der Waals surface area contributed by atoms with Gasteiger partial charge in [0.1, 0.15) is 0 Å². The predicted octanol–water partition coefficient (Wildman–Crippen LogP) is 2.22. The maximum Gasteiger partial charge on any atom is 0.228 e. The number of hydrogen-bond donors (Lipinski definition) is 3. The van der Waals surface area contributed by atoms with Crippen LogP contribution in [0.5, 0.6) is 0 Å². The first kappa shape index (κ1) is 32.3. The van der Waals surface area contributed by atoms with Crippen molar-refractivity contribution in [2.24, 2.45) is 5.73 Å². The molecule has 0 fully saturated rings. The van der Waals surface area contributed by atoms with Gasteiger partial charge < -0.3 is 29.7 Å². The fourth-order valence-electron chi connectivity index (χ4n) is 2.94. The van der Waals surface area contributed by atoms with Crippen LogP contribution in [-0.4, -0.2) is 89.9 Å². The van der Waals surface area contributed by atoms with Gasteiger partial charge in [0.15, 0.2) is 9.84 Å². The highest BCUT2D eigenvalue weighted by molar-refractivity contribution is 7.90. The van der Waals surface area contributed by atoms with Crippen LogP contribution in [-0.2, 0) is 33.6 Å². The van der Waals surface area contributed by atoms with E-state index in [1.807, 2.05) is 0 Å². The molecule has 0 aliphatic rings. The topological polar surface area (TPSA) is 155 Å². The zero-order chi connectivity index (χ0) is 25.7. The molecule has 11 nitrogen and oxygen atoms in total. The van der Waals surface area contributed by atoms with Crippen LogP contribution >= 0.6 is 24.0 Å². The van der Waals surface area contributed by atoms with Crippen LogP contribution in [0, 0.1) is 6.92 Å². The number of aromatic amines is 1. The predicted molar refractivity (Wildman–Crippen MR) is 140 cm³/mol. The van der Waals surface area contributed by atoms with E-state index in [0.29, 0.717) is 69.7 Å². The van der Waals surface area contributed by atoms with Gasteiger partial charge in [-0.15, -0.1) is 12.4 Å². The number of anilines is 1. The van der Waals surface area contributed by atoms with Crippen molar-refractivity contribution in [2.75, 3.05) is 71.0 Å². The quantitative estimate of drug-likeness (QED) is 0.243. The number of rotatable bonds is 17. The molecule has 0 atom stereocenters. The lowest BCUT2D eigenvalue weighted by Crippen LogP contribution is -2.17. The number of imidazole rings is 1. The summed E-state index contributed by atoms with van der Waals surface area (Å²) < 4.78 is 45.2. The molecule has 0 aliphatic carbocycles. The lowest BCUT2D eigenvalue weighted by molar-refractivity contribution is -0.117. The summed E-state index contributed by atoms with van der Waals surface area (Å²) in [7, 11) is -3.49. The van der Waals surface area contributed by atoms with Gasteiger partial charge in [0.25, 0.3) is 0 Å². The minimum absolute atomic E-state index is 0. The van der Waals surface area contributed by atoms with Crippen molar-refractivity contribution in [3.8, 4) is 11.3 Å². The number of ether oxygens (including phenoxy) is 4. The van der Waals surface area contributed by atoms with E-state index in [1.54, 1.807) is 13.0 Å². The van der Waals surface area contributed by atoms with Crippen molar-refractivity contribution >= 4 is 45.7 Å². The van der Waals surface area contributed by atoms with Gasteiger partial charge in [-0.1, -0.05) is 17.7 Å². The molecule has 204 valence electrons. The van der Waals surface area contributed by atoms with Gasteiger partial charge in [0.05, 0.1) is 74.9 Å². The molecule has 1 amide bonds. The molecule has 1 aromatic carbocycles. The molecule has 0 spiro atoms. The first-order chi connectivity index (χ1) is 16.7. The van der Waals surface area contributed by atoms with E-state index in [9.17, 15) is 13.2 Å². The monoisotopic (exact) mass is 568 g/mol. The summed E-state index contributed by atoms with van der Waals surface area (Å²) in [6.07, 6.45) is 1.23. The largest absolute Gasteiger partial charge is 0.379 e. The lowest BCUT2D eigenvalue weighted by atomic mass is 10.1. The highest BCUT2D eigenvalue weighted by atomic mass is 35.5. The molecule has 1 aromatic heterocycles. The molecule has 0 unspecified atom stereocenters. The summed E-state index contributed by atoms with van der Waals surface area (Å²) in [6, 6.07) is 4.64. The van der Waals surface area contributed by atoms with Crippen molar-refractivity contribution in [2.45, 2.75) is 18.2 Å². The summed E-state index contributed by atoms with van der Waals surface area (Å²) in [6.45, 7) is 5.68. The second-order valence-corrected chi connectivity index (χ2v) is 9.90. The highest BCUT2D eigenvalue weighted by Gasteiger charge is 2.17. The fourth-order valence-corrected chi connectivity index (χ4v) is 4.24. The Hall–Kier alpha value is -1.77. The Morgan fingerprint density at radius 3 is 2.14 bits per heavy atom. The third-order valence-corrected chi connectivity index (χ3v) is 6.18. The van der Waals surface area contributed by atoms with Crippen molar-refractivity contribution in [3.63, 3.8) is 0 Å². The van der Waals surface area contributed by atoms with Crippen LogP contribution in [0.3, 0.4) is 0 Å². The van der Waals surface area contributed by atoms with Gasteiger partial charge in [0.2, 0.25) is 11.9 Å². The number of carbonyl (C=O) groups is 1. The number of aryl methyl sites for hydroxylation is 1. The van der Waals surface area contributed by atoms with Crippen molar-refractivity contribution < 1.29 is 32.2 Å². The summed E-state index contributed by atoms with van der Waals surface area (Å²) in [4.78, 5) is 19.6. The van der Waals surface area contributed by atoms with Crippen molar-refractivity contribution in [1.29, 1.82) is 0 Å². The third-order valence-electron chi connectivity index (χ3n) is 4.60. The Kier molecular flexibility index (Phi) is 15.1. The van der Waals surface area contributed by atoms with Gasteiger partial charge in [-0.05, 0) is 19.1 Å². The molecule has 0 saturated carbocycles. The molecule has 36 heavy (non-hydrogen) atoms. The van der Waals surface area contributed by atoms with Crippen LogP contribution in [0.4, 0.5) is 5.95 Å². The Balaban J connectivity index is 0.00000648. The number of aromatic nitrogens is 2. The Labute approximate surface area is 222 Å². The Morgan fingerprint density at radius 1 is 1.03 bits per heavy atom. The van der Waals surface area contributed by atoms with Gasteiger partial charge in [0, 0.05) is 24.1 Å². The molecule has 0 bridgehead atoms. The summed E-state index contributed by atoms with van der Waals surface area (Å²) in [5, 5.41) is 2.82. The van der Waals surface area contributed by atoms with Gasteiger partial charge in [-0.25, -0.2) is 13.4 Å². The number of amides is 1. The Morgan fingerprint density at radius 2 is 1.58 bits per heavy atom. The molecule has 4 N–H and O–H groups in total. The first-order valence-electron chi connectivity index (χ1n) is 11.1. The van der Waals surface area contributed by atoms with E-state index in [4.69, 9.17) is 36.3 Å². The number of sulfone groups is 1. The van der Waals surface area contributed by atoms with Crippen molar-refractivity contribution in [3.05, 3.63) is 28.9 Å². The Bertz CT molecular complexity index is 1050. The van der Waals surface area contributed by atoms with Gasteiger partial charge >= 0.3 is 0 Å². The van der Waals surface area contributed by atoms with E-state index in [0.717, 1.165) is 6.26 Å². The average Bonchev–Trinajstić information content (AvgIpc) is 3.16. The summed E-state index contributed by atoms with van der Waals surface area (Å²) in [5.41, 5.74) is 7.06. The summed E-state index contributed by atoms with van der Waals surface area (Å²) >= 11 is 6.01. The molecule has 14 heteroatoms. The van der Waals surface area contributed by atoms with E-state index in [-0.39, 0.29) is 47.2 Å².